The topological polar surface area (TPSA) is 169 Å². The number of nitrogens with one attached hydrogen (secondary N) is 1. The molecule has 1 aliphatic rings. The van der Waals surface area contributed by atoms with Crippen molar-refractivity contribution in [1.29, 1.82) is 0 Å². The number of aromatic amines is 1. The molecule has 1 fully saturated rings. The number of nitrogen functional groups attached to an aromatic ring is 1. The number of aliphatic hydroxyl groups is 3. The average Bonchev–Trinajstić information content (AvgIpc) is 2.87. The number of ether oxygens (including phenoxy) is 1. The van der Waals surface area contributed by atoms with Gasteiger partial charge in [-0.2, -0.15) is 4.98 Å². The molecule has 0 amide bonds. The molecule has 6 N–H and O–H groups in total. The summed E-state index contributed by atoms with van der Waals surface area (Å²) < 4.78 is 7.28. The van der Waals surface area contributed by atoms with Crippen molar-refractivity contribution >= 4 is 17.1 Å². The predicted molar refractivity (Wildman–Crippen MR) is 73.0 cm³/mol. The van der Waals surface area contributed by atoms with Crippen LogP contribution in [0, 0.1) is 0 Å². The van der Waals surface area contributed by atoms with Gasteiger partial charge in [0.1, 0.15) is 18.3 Å². The van der Waals surface area contributed by atoms with Gasteiger partial charge < -0.3 is 25.8 Å². The zero-order valence-electron chi connectivity index (χ0n) is 11.5. The van der Waals surface area contributed by atoms with Gasteiger partial charge in [-0.1, -0.05) is 0 Å². The van der Waals surface area contributed by atoms with Gasteiger partial charge in [0.2, 0.25) is 5.95 Å². The van der Waals surface area contributed by atoms with Crippen LogP contribution in [-0.4, -0.2) is 59.3 Å². The van der Waals surface area contributed by atoms with Gasteiger partial charge in [-0.3, -0.25) is 14.3 Å². The molecule has 2 aromatic heterocycles. The lowest BCUT2D eigenvalue weighted by Gasteiger charge is -2.15. The van der Waals surface area contributed by atoms with Crippen LogP contribution in [0.25, 0.3) is 11.2 Å². The summed E-state index contributed by atoms with van der Waals surface area (Å²) >= 11 is 0. The number of fused-ring (bicyclic) bond motifs is 1. The molecule has 0 saturated carbocycles. The van der Waals surface area contributed by atoms with Crippen molar-refractivity contribution in [2.24, 2.45) is 7.05 Å². The number of hydrogen-bond donors (Lipinski definition) is 5. The zero-order valence-corrected chi connectivity index (χ0v) is 11.5. The van der Waals surface area contributed by atoms with Crippen LogP contribution in [0.3, 0.4) is 0 Å². The number of aromatic nitrogens is 4. The third-order valence-electron chi connectivity index (χ3n) is 3.72. The van der Waals surface area contributed by atoms with Crippen molar-refractivity contribution in [3.05, 3.63) is 20.8 Å². The molecule has 11 heteroatoms. The van der Waals surface area contributed by atoms with Gasteiger partial charge in [-0.25, -0.2) is 9.36 Å². The maximum Gasteiger partial charge on any atom is 0.332 e. The highest BCUT2D eigenvalue weighted by Gasteiger charge is 2.45. The van der Waals surface area contributed by atoms with Gasteiger partial charge in [0, 0.05) is 7.05 Å². The summed E-state index contributed by atoms with van der Waals surface area (Å²) in [6.07, 6.45) is -5.20. The molecule has 1 saturated heterocycles. The van der Waals surface area contributed by atoms with E-state index in [1.807, 2.05) is 0 Å². The van der Waals surface area contributed by atoms with Crippen molar-refractivity contribution in [3.63, 3.8) is 0 Å². The van der Waals surface area contributed by atoms with Crippen molar-refractivity contribution in [2.45, 2.75) is 24.5 Å². The van der Waals surface area contributed by atoms with Gasteiger partial charge in [0.25, 0.3) is 5.56 Å². The van der Waals surface area contributed by atoms with E-state index in [4.69, 9.17) is 15.6 Å². The Hall–Kier alpha value is -2.21. The zero-order chi connectivity index (χ0) is 16.2. The van der Waals surface area contributed by atoms with Crippen LogP contribution >= 0.6 is 0 Å². The van der Waals surface area contributed by atoms with Gasteiger partial charge in [0.05, 0.1) is 6.61 Å². The highest BCUT2D eigenvalue weighted by molar-refractivity contribution is 5.71. The molecule has 0 unspecified atom stereocenters. The summed E-state index contributed by atoms with van der Waals surface area (Å²) in [5.41, 5.74) is 4.07. The van der Waals surface area contributed by atoms with E-state index in [1.165, 1.54) is 7.05 Å². The normalized spacial score (nSPS) is 28.5. The molecule has 22 heavy (non-hydrogen) atoms. The number of H-pyrrole nitrogens is 1. The molecule has 0 radical (unpaired) electrons. The number of nitrogens with two attached hydrogens (primary N) is 1. The fourth-order valence-corrected chi connectivity index (χ4v) is 2.61. The van der Waals surface area contributed by atoms with E-state index in [0.717, 1.165) is 9.13 Å². The summed E-state index contributed by atoms with van der Waals surface area (Å²) in [4.78, 5) is 30.4. The molecule has 0 spiro atoms. The number of aryl methyl sites for hydroxylation is 1. The molecular weight excluding hydrogens is 298 g/mol. The summed E-state index contributed by atoms with van der Waals surface area (Å²) in [6.45, 7) is -0.537. The SMILES string of the molecule is Cn1c(=O)n([C@H]2O[C@@H](CO)[C@@H](O)[C@H]2O)c2nc(N)[nH]c(=O)c21. The highest BCUT2D eigenvalue weighted by Crippen LogP contribution is 2.29. The number of aliphatic hydroxyl groups excluding tert-OH is 3. The van der Waals surface area contributed by atoms with Crippen LogP contribution in [-0.2, 0) is 11.8 Å². The maximum atomic E-state index is 12.3. The lowest BCUT2D eigenvalue weighted by Crippen LogP contribution is -2.35. The third-order valence-corrected chi connectivity index (χ3v) is 3.72. The Kier molecular flexibility index (Phi) is 3.29. The molecule has 120 valence electrons. The summed E-state index contributed by atoms with van der Waals surface area (Å²) in [6, 6.07) is 0. The van der Waals surface area contributed by atoms with Crippen LogP contribution in [0.15, 0.2) is 9.59 Å². The summed E-state index contributed by atoms with van der Waals surface area (Å²) in [5, 5.41) is 29.0. The largest absolute Gasteiger partial charge is 0.394 e. The Balaban J connectivity index is 2.26. The van der Waals surface area contributed by atoms with Crippen LogP contribution < -0.4 is 17.0 Å². The maximum absolute atomic E-state index is 12.3. The van der Waals surface area contributed by atoms with Crippen LogP contribution in [0.1, 0.15) is 6.23 Å². The van der Waals surface area contributed by atoms with Gasteiger partial charge in [-0.15, -0.1) is 0 Å². The minimum absolute atomic E-state index is 0.0445. The highest BCUT2D eigenvalue weighted by atomic mass is 16.6. The fraction of sp³-hybridized carbons (Fsp3) is 0.545. The molecule has 2 aromatic rings. The van der Waals surface area contributed by atoms with Crippen molar-refractivity contribution in [2.75, 3.05) is 12.3 Å². The van der Waals surface area contributed by atoms with Crippen LogP contribution in [0.2, 0.25) is 0 Å². The van der Waals surface area contributed by atoms with E-state index in [2.05, 4.69) is 9.97 Å². The molecule has 0 aromatic carbocycles. The molecule has 1 aliphatic heterocycles. The molecule has 11 nitrogen and oxygen atoms in total. The molecular formula is C11H15N5O6. The van der Waals surface area contributed by atoms with Crippen molar-refractivity contribution in [3.8, 4) is 0 Å². The van der Waals surface area contributed by atoms with E-state index in [9.17, 15) is 19.8 Å². The summed E-state index contributed by atoms with van der Waals surface area (Å²) in [7, 11) is 1.36. The Labute approximate surface area is 122 Å². The van der Waals surface area contributed by atoms with E-state index in [-0.39, 0.29) is 17.1 Å². The number of imidazole rings is 1. The third kappa shape index (κ3) is 1.87. The Morgan fingerprint density at radius 2 is 2.05 bits per heavy atom. The van der Waals surface area contributed by atoms with E-state index in [0.29, 0.717) is 0 Å². The number of nitrogens with zero attached hydrogens (tertiary/aromatic N) is 3. The molecule has 3 heterocycles. The first-order valence-corrected chi connectivity index (χ1v) is 6.46. The fourth-order valence-electron chi connectivity index (χ4n) is 2.61. The molecule has 0 bridgehead atoms. The molecule has 4 atom stereocenters. The molecule has 3 rings (SSSR count). The van der Waals surface area contributed by atoms with Crippen molar-refractivity contribution in [1.82, 2.24) is 19.1 Å². The quantitative estimate of drug-likeness (QED) is 0.382. The predicted octanol–water partition coefficient (Wildman–Crippen LogP) is -3.38. The Bertz CT molecular complexity index is 838. The minimum Gasteiger partial charge on any atom is -0.394 e. The Morgan fingerprint density at radius 3 is 2.64 bits per heavy atom. The monoisotopic (exact) mass is 313 g/mol. The lowest BCUT2D eigenvalue weighted by molar-refractivity contribution is -0.0527. The second-order valence-corrected chi connectivity index (χ2v) is 5.06. The first-order valence-electron chi connectivity index (χ1n) is 6.46. The van der Waals surface area contributed by atoms with E-state index in [1.54, 1.807) is 0 Å². The lowest BCUT2D eigenvalue weighted by atomic mass is 10.1. The molecule has 0 aliphatic carbocycles. The number of rotatable bonds is 2. The second kappa shape index (κ2) is 4.91. The van der Waals surface area contributed by atoms with Gasteiger partial charge in [-0.05, 0) is 0 Å². The first-order chi connectivity index (χ1) is 10.4. The van der Waals surface area contributed by atoms with Crippen molar-refractivity contribution < 1.29 is 20.1 Å². The number of hydrogen-bond acceptors (Lipinski definition) is 8. The summed E-state index contributed by atoms with van der Waals surface area (Å²) in [5.74, 6) is -0.205. The van der Waals surface area contributed by atoms with Crippen LogP contribution in [0.5, 0.6) is 0 Å². The first kappa shape index (κ1) is 14.7. The average molecular weight is 313 g/mol. The number of anilines is 1. The minimum atomic E-state index is -1.47. The second-order valence-electron chi connectivity index (χ2n) is 5.06. The van der Waals surface area contributed by atoms with Crippen LogP contribution in [0.4, 0.5) is 5.95 Å². The van der Waals surface area contributed by atoms with Gasteiger partial charge in [0.15, 0.2) is 17.4 Å². The van der Waals surface area contributed by atoms with E-state index >= 15 is 0 Å². The smallest absolute Gasteiger partial charge is 0.332 e. The van der Waals surface area contributed by atoms with Gasteiger partial charge >= 0.3 is 5.69 Å². The standard InChI is InChI=1S/C11H15N5O6/c1-15-4-7(13-10(12)14-8(4)20)16(11(15)21)9-6(19)5(18)3(2-17)22-9/h3,5-6,9,17-19H,2H2,1H3,(H3,12,13,14,20)/t3-,5+,6+,9-/m0/s1. The van der Waals surface area contributed by atoms with E-state index < -0.39 is 42.4 Å². The Morgan fingerprint density at radius 1 is 1.36 bits per heavy atom.